The fourth-order valence-electron chi connectivity index (χ4n) is 2.60. The van der Waals surface area contributed by atoms with E-state index in [0.29, 0.717) is 32.7 Å². The van der Waals surface area contributed by atoms with E-state index in [4.69, 9.17) is 73.6 Å². The maximum atomic E-state index is 9.45. The zero-order chi connectivity index (χ0) is 42.7. The molecule has 3 rings (SSSR count). The van der Waals surface area contributed by atoms with Crippen molar-refractivity contribution in [3.8, 4) is 0 Å². The van der Waals surface area contributed by atoms with Crippen molar-refractivity contribution < 1.29 is 149 Å². The van der Waals surface area contributed by atoms with Gasteiger partial charge in [0.1, 0.15) is 12.2 Å². The van der Waals surface area contributed by atoms with Crippen LogP contribution in [-0.2, 0) is 79.4 Å². The maximum absolute atomic E-state index is 9.45. The van der Waals surface area contributed by atoms with Crippen molar-refractivity contribution in [2.45, 2.75) is 101 Å². The van der Waals surface area contributed by atoms with Gasteiger partial charge in [-0.2, -0.15) is 0 Å². The number of allylic oxidation sites excluding steroid dienone is 8. The molecule has 384 valence electrons. The Morgan fingerprint density at radius 1 is 0.531 bits per heavy atom. The van der Waals surface area contributed by atoms with Crippen LogP contribution in [0.1, 0.15) is 82.1 Å². The number of aliphatic hydroxyl groups excluding tert-OH is 6. The van der Waals surface area contributed by atoms with Crippen LogP contribution in [-0.4, -0.2) is 158 Å². The number of fused-ring (bicyclic) bond motifs is 6. The van der Waals surface area contributed by atoms with E-state index in [2.05, 4.69) is 4.90 Å². The Kier molecular flexibility index (Phi) is 123. The van der Waals surface area contributed by atoms with Crippen LogP contribution in [0.4, 0.5) is 0 Å². The van der Waals surface area contributed by atoms with Crippen LogP contribution in [0.3, 0.4) is 0 Å². The SMILES string of the molecule is C1CN2CCOC(O1)OCC2.CC(=[OH+])C=C(C)O.CC(=[OH+])C=C(C)O.CC(O)C([O-])=[OH+].CC(O)C([O-])=[OH+].CCC(=[OH+])C=C(C)O.CCC(=[OH+])C=C(C)O.[CH3-].[CH3-].[CH3-].[CH3-].[CH3-].[CH3-].[NH4+].[NH4+].[Ti].[Ti].[Ti]. The Morgan fingerprint density at radius 2 is 0.719 bits per heavy atom. The number of ether oxygens (including phenoxy) is 3. The van der Waals surface area contributed by atoms with Gasteiger partial charge in [0.25, 0.3) is 6.48 Å². The smallest absolute Gasteiger partial charge is 0.332 e. The summed E-state index contributed by atoms with van der Waals surface area (Å²) < 4.78 is 15.8. The number of carboxylic acids is 2. The molecule has 0 radical (unpaired) electrons. The topological polar surface area (TPSA) is 400 Å². The zero-order valence-electron chi connectivity index (χ0n) is 42.1. The van der Waals surface area contributed by atoms with Crippen molar-refractivity contribution in [2.75, 3.05) is 39.5 Å². The van der Waals surface area contributed by atoms with Gasteiger partial charge in [0.2, 0.25) is 0 Å². The predicted octanol–water partition coefficient (Wildman–Crippen LogP) is 4.11. The molecule has 3 fully saturated rings. The van der Waals surface area contributed by atoms with Gasteiger partial charge in [-0.1, -0.05) is 13.8 Å². The largest absolute Gasteiger partial charge is 0.512 e. The predicted molar refractivity (Wildman–Crippen MR) is 251 cm³/mol. The van der Waals surface area contributed by atoms with Crippen LogP contribution >= 0.6 is 0 Å². The standard InChI is InChI=1S/C7H13NO3.2C6H10O2.2C5H8O2.2C3H6O3.6CH3.2H3N.3Ti/c1-4-9-7-10-5-2-8(1)3-6-11-7;2*1-3-6(8)4-5(2)7;2*1-4(6)3-5(2)7;2*1-2(4)3(5)6;;;;;;;;;;;/h7H,1-6H2;2*4,7H,3H2,1-2H3;2*3,6H,1-2H3;2*2,4H,1H3,(H,5,6);8*1H3;;;/q;;;;;;;6*-1;;;;;/p+6. The van der Waals surface area contributed by atoms with Gasteiger partial charge in [-0.05, 0) is 41.5 Å². The van der Waals surface area contributed by atoms with Gasteiger partial charge in [0.05, 0.1) is 93.9 Å². The van der Waals surface area contributed by atoms with Gasteiger partial charge in [-0.25, -0.2) is 10.2 Å². The molecule has 64 heavy (non-hydrogen) atoms. The van der Waals surface area contributed by atoms with Crippen molar-refractivity contribution in [2.24, 2.45) is 0 Å². The van der Waals surface area contributed by atoms with Gasteiger partial charge >= 0.3 is 35.1 Å². The van der Waals surface area contributed by atoms with Crippen LogP contribution in [0.2, 0.25) is 0 Å². The molecule has 0 aliphatic carbocycles. The summed E-state index contributed by atoms with van der Waals surface area (Å²) in [4.78, 5) is 52.0. The van der Waals surface area contributed by atoms with Gasteiger partial charge in [0, 0.05) is 84.8 Å². The third-order valence-corrected chi connectivity index (χ3v) is 5.01. The third-order valence-electron chi connectivity index (χ3n) is 5.01. The van der Waals surface area contributed by atoms with Crippen molar-refractivity contribution in [1.29, 1.82) is 0 Å². The molecule has 3 aliphatic heterocycles. The molecule has 20 nitrogen and oxygen atoms in total. The van der Waals surface area contributed by atoms with Crippen LogP contribution in [0.5, 0.6) is 0 Å². The number of carbonyl (C=O) groups excluding carboxylic acids is 6. The first-order valence-corrected chi connectivity index (χ1v) is 16.3. The number of nitrogens with zero attached hydrogens (tertiary/aromatic N) is 1. The Bertz CT molecular complexity index is 1090. The number of hydrogen-bond donors (Lipinski definition) is 8. The molecular formula is C41H91N3O17Ti3. The zero-order valence-corrected chi connectivity index (χ0v) is 46.7. The summed E-state index contributed by atoms with van der Waals surface area (Å²) in [7, 11) is 0. The van der Waals surface area contributed by atoms with E-state index >= 15 is 0 Å². The molecule has 0 spiro atoms. The quantitative estimate of drug-likeness (QED) is 0.0560. The number of aliphatic carboxylic acids is 2. The number of hydrogen-bond acceptors (Lipinski definition) is 12. The Labute approximate surface area is 430 Å². The Hall–Kier alpha value is -2.40. The molecule has 0 aromatic carbocycles. The van der Waals surface area contributed by atoms with E-state index in [-0.39, 0.29) is 168 Å². The van der Waals surface area contributed by atoms with Gasteiger partial charge in [-0.3, -0.25) is 24.1 Å². The number of aliphatic hydroxyl groups is 6. The number of rotatable bonds is 8. The number of ketones is 4. The van der Waals surface area contributed by atoms with Crippen molar-refractivity contribution in [1.82, 2.24) is 17.2 Å². The molecule has 3 saturated heterocycles. The van der Waals surface area contributed by atoms with E-state index in [0.717, 1.165) is 19.6 Å². The molecule has 3 aliphatic rings. The van der Waals surface area contributed by atoms with Crippen LogP contribution in [0, 0.1) is 44.6 Å². The molecule has 23 heteroatoms. The second-order valence-electron chi connectivity index (χ2n) is 10.9. The first kappa shape index (κ1) is 109. The molecule has 2 unspecified atom stereocenters. The fourth-order valence-corrected chi connectivity index (χ4v) is 2.60. The molecule has 0 aromatic rings. The van der Waals surface area contributed by atoms with Crippen LogP contribution < -0.4 is 22.5 Å². The van der Waals surface area contributed by atoms with Gasteiger partial charge < -0.3 is 111 Å². The summed E-state index contributed by atoms with van der Waals surface area (Å²) in [6.45, 7) is 19.8. The first-order valence-electron chi connectivity index (χ1n) is 16.3. The van der Waals surface area contributed by atoms with E-state index in [1.165, 1.54) is 79.7 Å². The molecule has 0 amide bonds. The molecule has 0 saturated carbocycles. The minimum atomic E-state index is -1.23. The van der Waals surface area contributed by atoms with Crippen LogP contribution in [0.15, 0.2) is 47.3 Å². The molecule has 20 N–H and O–H groups in total. The first-order chi connectivity index (χ1) is 24.3. The maximum Gasteiger partial charge on any atom is 0.332 e. The normalized spacial score (nSPS) is 14.7. The van der Waals surface area contributed by atoms with Crippen molar-refractivity contribution >= 4 is 35.1 Å². The minimum Gasteiger partial charge on any atom is -0.512 e. The summed E-state index contributed by atoms with van der Waals surface area (Å²) in [5, 5.41) is 68.8. The van der Waals surface area contributed by atoms with E-state index in [1.54, 1.807) is 0 Å². The number of carboxylic acid groups (broad SMARTS) is 2. The summed E-state index contributed by atoms with van der Waals surface area (Å²) in [6, 6.07) is 0. The third kappa shape index (κ3) is 108. The molecule has 2 bridgehead atoms. The Morgan fingerprint density at radius 3 is 0.812 bits per heavy atom. The Balaban J connectivity index is -0.0000000295. The number of quaternary nitrogens is 2. The van der Waals surface area contributed by atoms with Crippen molar-refractivity contribution in [3.63, 3.8) is 0 Å². The van der Waals surface area contributed by atoms with Gasteiger partial charge in [0.15, 0.2) is 0 Å². The molecule has 3 heterocycles. The summed E-state index contributed by atoms with van der Waals surface area (Å²) in [6.07, 6.45) is 3.89. The molecule has 0 aromatic heterocycles. The average Bonchev–Trinajstić information content (AvgIpc) is 2.95. The monoisotopic (exact) mass is 1040 g/mol. The second-order valence-corrected chi connectivity index (χ2v) is 10.9. The molecular weight excluding hydrogens is 950 g/mol. The van der Waals surface area contributed by atoms with E-state index in [1.807, 2.05) is 13.8 Å². The summed E-state index contributed by atoms with van der Waals surface area (Å²) >= 11 is 0. The fraction of sp³-hybridized carbons (Fsp3) is 0.512. The second kappa shape index (κ2) is 72.2. The molecule has 2 atom stereocenters. The summed E-state index contributed by atoms with van der Waals surface area (Å²) in [5.41, 5.74) is 0. The van der Waals surface area contributed by atoms with Gasteiger partial charge in [-0.15, -0.1) is 0 Å². The van der Waals surface area contributed by atoms with E-state index in [9.17, 15) is 10.2 Å². The van der Waals surface area contributed by atoms with Crippen molar-refractivity contribution in [3.05, 3.63) is 91.9 Å². The summed E-state index contributed by atoms with van der Waals surface area (Å²) in [5.74, 6) is -1.16. The average molecular weight is 1040 g/mol. The van der Waals surface area contributed by atoms with Crippen LogP contribution in [0.25, 0.3) is 0 Å². The van der Waals surface area contributed by atoms with E-state index < -0.39 is 30.6 Å². The minimum absolute atomic E-state index is 0.